The standard InChI is InChI=1S/C21H19ClF2N4O2.C2H6/c1-11-8-26-16(13(3)25-4)7-18(11)28-12(2)5-19(20(22)21(28)29)30-10-17-15(24)6-14(23)9-27-17;1-2/h5-9H,10H2,1-4H3;1-2H3. The number of pyridine rings is 3. The predicted molar refractivity (Wildman–Crippen MR) is 122 cm³/mol. The van der Waals surface area contributed by atoms with Crippen molar-refractivity contribution in [3.05, 3.63) is 80.2 Å². The van der Waals surface area contributed by atoms with Crippen molar-refractivity contribution in [2.45, 2.75) is 41.2 Å². The maximum atomic E-state index is 13.8. The van der Waals surface area contributed by atoms with Crippen LogP contribution < -0.4 is 10.3 Å². The number of aliphatic imine (C=N–C) groups is 1. The molecule has 0 amide bonds. The van der Waals surface area contributed by atoms with Crippen molar-refractivity contribution in [3.63, 3.8) is 0 Å². The second-order valence-electron chi connectivity index (χ2n) is 6.64. The minimum absolute atomic E-state index is 0.0826. The Labute approximate surface area is 190 Å². The SMILES string of the molecule is CC.CN=C(C)c1cc(-n2c(C)cc(OCc3ncc(F)cc3F)c(Cl)c2=O)c(C)cn1. The molecule has 0 N–H and O–H groups in total. The number of ether oxygens (including phenoxy) is 1. The van der Waals surface area contributed by atoms with E-state index in [1.54, 1.807) is 32.3 Å². The smallest absolute Gasteiger partial charge is 0.277 e. The van der Waals surface area contributed by atoms with Crippen molar-refractivity contribution in [1.29, 1.82) is 0 Å². The molecule has 0 saturated carbocycles. The quantitative estimate of drug-likeness (QED) is 0.487. The van der Waals surface area contributed by atoms with Crippen LogP contribution in [0.4, 0.5) is 8.78 Å². The highest BCUT2D eigenvalue weighted by Crippen LogP contribution is 2.25. The zero-order chi connectivity index (χ0) is 24.0. The van der Waals surface area contributed by atoms with Crippen molar-refractivity contribution in [3.8, 4) is 11.4 Å². The normalized spacial score (nSPS) is 11.1. The maximum absolute atomic E-state index is 13.8. The number of halogens is 3. The molecule has 3 aromatic heterocycles. The van der Waals surface area contributed by atoms with Gasteiger partial charge >= 0.3 is 0 Å². The lowest BCUT2D eigenvalue weighted by molar-refractivity contribution is 0.292. The largest absolute Gasteiger partial charge is 0.485 e. The van der Waals surface area contributed by atoms with Crippen LogP contribution >= 0.6 is 11.6 Å². The van der Waals surface area contributed by atoms with Gasteiger partial charge in [-0.05, 0) is 32.4 Å². The highest BCUT2D eigenvalue weighted by atomic mass is 35.5. The first-order chi connectivity index (χ1) is 15.2. The molecule has 0 aliphatic carbocycles. The molecule has 6 nitrogen and oxygen atoms in total. The predicted octanol–water partition coefficient (Wildman–Crippen LogP) is 5.22. The number of aryl methyl sites for hydroxylation is 2. The molecule has 0 radical (unpaired) electrons. The summed E-state index contributed by atoms with van der Waals surface area (Å²) in [4.78, 5) is 25.1. The highest BCUT2D eigenvalue weighted by Gasteiger charge is 2.17. The number of rotatable bonds is 5. The van der Waals surface area contributed by atoms with Crippen LogP contribution in [-0.4, -0.2) is 27.3 Å². The van der Waals surface area contributed by atoms with Crippen molar-refractivity contribution >= 4 is 17.3 Å². The Balaban J connectivity index is 0.00000176. The van der Waals surface area contributed by atoms with Crippen molar-refractivity contribution < 1.29 is 13.5 Å². The van der Waals surface area contributed by atoms with Gasteiger partial charge in [0.25, 0.3) is 5.56 Å². The summed E-state index contributed by atoms with van der Waals surface area (Å²) in [6, 6.07) is 4.05. The Bertz CT molecular complexity index is 1210. The summed E-state index contributed by atoms with van der Waals surface area (Å²) < 4.78 is 33.7. The molecule has 0 atom stereocenters. The molecule has 9 heteroatoms. The van der Waals surface area contributed by atoms with Gasteiger partial charge < -0.3 is 4.74 Å². The molecule has 0 bridgehead atoms. The topological polar surface area (TPSA) is 69.4 Å². The molecule has 0 aromatic carbocycles. The highest BCUT2D eigenvalue weighted by molar-refractivity contribution is 6.31. The zero-order valence-electron chi connectivity index (χ0n) is 18.8. The van der Waals surface area contributed by atoms with E-state index in [1.807, 2.05) is 27.7 Å². The molecule has 0 spiro atoms. The molecule has 32 heavy (non-hydrogen) atoms. The minimum Gasteiger partial charge on any atom is -0.485 e. The van der Waals surface area contributed by atoms with Crippen molar-refractivity contribution in [2.24, 2.45) is 4.99 Å². The van der Waals surface area contributed by atoms with E-state index in [1.165, 1.54) is 4.57 Å². The van der Waals surface area contributed by atoms with Crippen LogP contribution in [-0.2, 0) is 6.61 Å². The molecular weight excluding hydrogens is 438 g/mol. The number of hydrogen-bond donors (Lipinski definition) is 0. The number of nitrogens with zero attached hydrogens (tertiary/aromatic N) is 4. The van der Waals surface area contributed by atoms with Gasteiger partial charge in [0.05, 0.1) is 23.3 Å². The monoisotopic (exact) mass is 462 g/mol. The minimum atomic E-state index is -0.843. The first kappa shape index (κ1) is 25.1. The van der Waals surface area contributed by atoms with Gasteiger partial charge in [0.2, 0.25) is 0 Å². The van der Waals surface area contributed by atoms with Crippen LogP contribution in [0, 0.1) is 25.5 Å². The molecule has 3 aromatic rings. The lowest BCUT2D eigenvalue weighted by Crippen LogP contribution is -2.23. The van der Waals surface area contributed by atoms with E-state index in [9.17, 15) is 13.6 Å². The molecule has 170 valence electrons. The summed E-state index contributed by atoms with van der Waals surface area (Å²) in [7, 11) is 1.66. The summed E-state index contributed by atoms with van der Waals surface area (Å²) in [5, 5.41) is -0.165. The van der Waals surface area contributed by atoms with Gasteiger partial charge in [-0.3, -0.25) is 24.3 Å². The van der Waals surface area contributed by atoms with Gasteiger partial charge in [0.15, 0.2) is 5.82 Å². The van der Waals surface area contributed by atoms with E-state index in [0.29, 0.717) is 23.1 Å². The number of aromatic nitrogens is 3. The number of hydrogen-bond acceptors (Lipinski definition) is 5. The summed E-state index contributed by atoms with van der Waals surface area (Å²) in [6.45, 7) is 9.07. The van der Waals surface area contributed by atoms with Crippen LogP contribution in [0.1, 0.15) is 43.4 Å². The molecule has 3 heterocycles. The summed E-state index contributed by atoms with van der Waals surface area (Å²) in [5.74, 6) is -1.55. The van der Waals surface area contributed by atoms with Gasteiger partial charge in [-0.2, -0.15) is 0 Å². The average Bonchev–Trinajstić information content (AvgIpc) is 2.78. The Hall–Kier alpha value is -3.13. The molecule has 0 aliphatic heterocycles. The van der Waals surface area contributed by atoms with E-state index in [2.05, 4.69) is 15.0 Å². The van der Waals surface area contributed by atoms with Crippen LogP contribution in [0.5, 0.6) is 5.75 Å². The van der Waals surface area contributed by atoms with Crippen LogP contribution in [0.2, 0.25) is 5.02 Å². The Kier molecular flexibility index (Phi) is 8.60. The lowest BCUT2D eigenvalue weighted by Gasteiger charge is -2.16. The molecule has 0 aliphatic rings. The van der Waals surface area contributed by atoms with Crippen LogP contribution in [0.15, 0.2) is 40.4 Å². The van der Waals surface area contributed by atoms with Gasteiger partial charge in [-0.1, -0.05) is 25.4 Å². The van der Waals surface area contributed by atoms with Gasteiger partial charge in [-0.25, -0.2) is 8.78 Å². The third-order valence-corrected chi connectivity index (χ3v) is 4.92. The van der Waals surface area contributed by atoms with E-state index in [0.717, 1.165) is 17.5 Å². The molecule has 3 rings (SSSR count). The second-order valence-corrected chi connectivity index (χ2v) is 7.02. The van der Waals surface area contributed by atoms with Crippen molar-refractivity contribution in [2.75, 3.05) is 7.05 Å². The Morgan fingerprint density at radius 2 is 1.84 bits per heavy atom. The molecule has 0 unspecified atom stereocenters. The molecule has 0 fully saturated rings. The van der Waals surface area contributed by atoms with E-state index in [4.69, 9.17) is 16.3 Å². The van der Waals surface area contributed by atoms with Gasteiger partial charge in [0, 0.05) is 31.1 Å². The zero-order valence-corrected chi connectivity index (χ0v) is 19.6. The van der Waals surface area contributed by atoms with Gasteiger partial charge in [-0.15, -0.1) is 0 Å². The second kappa shape index (κ2) is 10.9. The fraction of sp³-hybridized carbons (Fsp3) is 0.304. The van der Waals surface area contributed by atoms with Gasteiger partial charge in [0.1, 0.15) is 28.9 Å². The average molecular weight is 463 g/mol. The maximum Gasteiger partial charge on any atom is 0.277 e. The first-order valence-corrected chi connectivity index (χ1v) is 10.4. The third kappa shape index (κ3) is 5.37. The van der Waals surface area contributed by atoms with Crippen LogP contribution in [0.25, 0.3) is 5.69 Å². The first-order valence-electron chi connectivity index (χ1n) is 9.98. The lowest BCUT2D eigenvalue weighted by atomic mass is 10.1. The van der Waals surface area contributed by atoms with E-state index in [-0.39, 0.29) is 23.1 Å². The van der Waals surface area contributed by atoms with E-state index >= 15 is 0 Å². The fourth-order valence-electron chi connectivity index (χ4n) is 2.85. The van der Waals surface area contributed by atoms with Crippen LogP contribution in [0.3, 0.4) is 0 Å². The van der Waals surface area contributed by atoms with E-state index < -0.39 is 17.2 Å². The summed E-state index contributed by atoms with van der Waals surface area (Å²) >= 11 is 6.26. The Morgan fingerprint density at radius 1 is 1.16 bits per heavy atom. The van der Waals surface area contributed by atoms with Crippen molar-refractivity contribution in [1.82, 2.24) is 14.5 Å². The summed E-state index contributed by atoms with van der Waals surface area (Å²) in [6.07, 6.45) is 2.55. The summed E-state index contributed by atoms with van der Waals surface area (Å²) in [5.41, 5.74) is 2.71. The molecular formula is C23H25ClF2N4O2. The Morgan fingerprint density at radius 3 is 2.47 bits per heavy atom. The third-order valence-electron chi connectivity index (χ3n) is 4.57. The molecule has 0 saturated heterocycles. The fourth-order valence-corrected chi connectivity index (χ4v) is 3.04.